The number of aromatic nitrogens is 2. The maximum Gasteiger partial charge on any atom is 0.320 e. The second-order valence-corrected chi connectivity index (χ2v) is 5.06. The number of aliphatic carboxylic acids is 2. The fourth-order valence-corrected chi connectivity index (χ4v) is 1.51. The minimum atomic E-state index is -1.05. The van der Waals surface area contributed by atoms with Crippen LogP contribution in [0.2, 0.25) is 0 Å². The van der Waals surface area contributed by atoms with Gasteiger partial charge in [0.25, 0.3) is 0 Å². The van der Waals surface area contributed by atoms with Gasteiger partial charge in [0.1, 0.15) is 12.1 Å². The Bertz CT molecular complexity index is 493. The molecule has 0 saturated carbocycles. The number of carboxylic acids is 2. The smallest absolute Gasteiger partial charge is 0.320 e. The van der Waals surface area contributed by atoms with Crippen molar-refractivity contribution in [1.82, 2.24) is 9.55 Å². The molecule has 1 heterocycles. The number of nitrogens with two attached hydrogens (primary N) is 3. The predicted molar refractivity (Wildman–Crippen MR) is 82.4 cm³/mol. The monoisotopic (exact) mass is 331 g/mol. The Morgan fingerprint density at radius 1 is 1.22 bits per heavy atom. The van der Waals surface area contributed by atoms with Gasteiger partial charge in [-0.1, -0.05) is 0 Å². The van der Waals surface area contributed by atoms with Crippen LogP contribution in [-0.4, -0.2) is 61.5 Å². The summed E-state index contributed by atoms with van der Waals surface area (Å²) in [5.41, 5.74) is 16.4. The molecule has 3 unspecified atom stereocenters. The standard InChI is InChI=1S/C7H11N3O2.C6H14N2O3/c1-10-4-9-3-5(10)2-6(8)7(11)12;7-3-4(9)1-2-5(8)6(10)11/h3-4,6H,2,8H2,1H3,(H,11,12);4-5,9H,1-3,7-8H2,(H,10,11). The molecule has 0 amide bonds. The molecule has 0 fully saturated rings. The Kier molecular flexibility index (Phi) is 9.74. The average Bonchev–Trinajstić information content (AvgIpc) is 2.89. The van der Waals surface area contributed by atoms with Crippen LogP contribution in [0.25, 0.3) is 0 Å². The summed E-state index contributed by atoms with van der Waals surface area (Å²) in [5.74, 6) is -2.04. The highest BCUT2D eigenvalue weighted by Gasteiger charge is 2.13. The third kappa shape index (κ3) is 8.88. The molecular formula is C13H25N5O5. The largest absolute Gasteiger partial charge is 0.480 e. The Labute approximate surface area is 133 Å². The van der Waals surface area contributed by atoms with Gasteiger partial charge < -0.3 is 37.1 Å². The van der Waals surface area contributed by atoms with E-state index in [0.717, 1.165) is 5.69 Å². The maximum absolute atomic E-state index is 10.4. The predicted octanol–water partition coefficient (Wildman–Crippen LogP) is -2.13. The number of aliphatic hydroxyl groups is 1. The van der Waals surface area contributed by atoms with Gasteiger partial charge in [-0.2, -0.15) is 0 Å². The molecule has 9 N–H and O–H groups in total. The second-order valence-electron chi connectivity index (χ2n) is 5.06. The first kappa shape index (κ1) is 21.0. The molecule has 0 aromatic carbocycles. The van der Waals surface area contributed by atoms with E-state index in [0.29, 0.717) is 12.8 Å². The summed E-state index contributed by atoms with van der Waals surface area (Å²) in [6.45, 7) is 0.145. The number of aliphatic hydroxyl groups excluding tert-OH is 1. The Morgan fingerprint density at radius 2 is 1.78 bits per heavy atom. The molecule has 23 heavy (non-hydrogen) atoms. The van der Waals surface area contributed by atoms with E-state index in [2.05, 4.69) is 4.98 Å². The first-order valence-electron chi connectivity index (χ1n) is 6.99. The summed E-state index contributed by atoms with van der Waals surface area (Å²) in [6, 6.07) is -1.74. The topological polar surface area (TPSA) is 191 Å². The van der Waals surface area contributed by atoms with Gasteiger partial charge in [-0.3, -0.25) is 9.59 Å². The van der Waals surface area contributed by atoms with E-state index in [-0.39, 0.29) is 13.0 Å². The molecule has 0 aliphatic rings. The van der Waals surface area contributed by atoms with E-state index in [4.69, 9.17) is 32.5 Å². The molecule has 132 valence electrons. The van der Waals surface area contributed by atoms with Crippen LogP contribution in [0.5, 0.6) is 0 Å². The van der Waals surface area contributed by atoms with E-state index in [1.54, 1.807) is 24.1 Å². The van der Waals surface area contributed by atoms with Gasteiger partial charge in [-0.15, -0.1) is 0 Å². The van der Waals surface area contributed by atoms with Crippen LogP contribution in [-0.2, 0) is 23.1 Å². The summed E-state index contributed by atoms with van der Waals surface area (Å²) in [5, 5.41) is 25.8. The van der Waals surface area contributed by atoms with Crippen molar-refractivity contribution < 1.29 is 24.9 Å². The first-order chi connectivity index (χ1) is 10.7. The molecule has 0 saturated heterocycles. The lowest BCUT2D eigenvalue weighted by molar-refractivity contribution is -0.139. The van der Waals surface area contributed by atoms with E-state index in [1.807, 2.05) is 0 Å². The van der Waals surface area contributed by atoms with Gasteiger partial charge in [0.15, 0.2) is 0 Å². The van der Waals surface area contributed by atoms with Crippen LogP contribution < -0.4 is 17.2 Å². The maximum atomic E-state index is 10.4. The van der Waals surface area contributed by atoms with Crippen molar-refractivity contribution in [2.45, 2.75) is 37.5 Å². The van der Waals surface area contributed by atoms with E-state index < -0.39 is 30.1 Å². The lowest BCUT2D eigenvalue weighted by Crippen LogP contribution is -2.32. The van der Waals surface area contributed by atoms with Crippen molar-refractivity contribution in [3.63, 3.8) is 0 Å². The van der Waals surface area contributed by atoms with Crippen LogP contribution in [0.15, 0.2) is 12.5 Å². The Balaban J connectivity index is 0.000000423. The number of rotatable bonds is 8. The van der Waals surface area contributed by atoms with Crippen LogP contribution in [0.3, 0.4) is 0 Å². The third-order valence-electron chi connectivity index (χ3n) is 3.06. The fraction of sp³-hybridized carbons (Fsp3) is 0.615. The van der Waals surface area contributed by atoms with E-state index in [9.17, 15) is 9.59 Å². The van der Waals surface area contributed by atoms with Gasteiger partial charge in [-0.25, -0.2) is 4.98 Å². The van der Waals surface area contributed by atoms with Crippen molar-refractivity contribution in [1.29, 1.82) is 0 Å². The highest BCUT2D eigenvalue weighted by molar-refractivity contribution is 5.73. The van der Waals surface area contributed by atoms with Crippen molar-refractivity contribution in [3.8, 4) is 0 Å². The molecular weight excluding hydrogens is 306 g/mol. The fourth-order valence-electron chi connectivity index (χ4n) is 1.51. The molecule has 10 heteroatoms. The number of aryl methyl sites for hydroxylation is 1. The van der Waals surface area contributed by atoms with Crippen molar-refractivity contribution in [2.75, 3.05) is 6.54 Å². The van der Waals surface area contributed by atoms with Crippen molar-refractivity contribution in [2.24, 2.45) is 24.2 Å². The molecule has 1 rings (SSSR count). The highest BCUT2D eigenvalue weighted by atomic mass is 16.4. The molecule has 1 aromatic rings. The zero-order valence-electron chi connectivity index (χ0n) is 13.0. The summed E-state index contributed by atoms with van der Waals surface area (Å²) in [7, 11) is 1.80. The summed E-state index contributed by atoms with van der Waals surface area (Å²) >= 11 is 0. The van der Waals surface area contributed by atoms with Crippen molar-refractivity contribution >= 4 is 11.9 Å². The second kappa shape index (κ2) is 10.7. The SMILES string of the molecule is Cn1cncc1CC(N)C(=O)O.NCC(O)CCC(N)C(=O)O. The molecule has 0 aliphatic carbocycles. The summed E-state index contributed by atoms with van der Waals surface area (Å²) in [4.78, 5) is 24.4. The Hall–Kier alpha value is -2.01. The number of carboxylic acid groups (broad SMARTS) is 2. The normalized spacial score (nSPS) is 14.3. The highest BCUT2D eigenvalue weighted by Crippen LogP contribution is 2.00. The quantitative estimate of drug-likeness (QED) is 0.309. The number of hydrogen-bond acceptors (Lipinski definition) is 7. The molecule has 3 atom stereocenters. The Morgan fingerprint density at radius 3 is 2.17 bits per heavy atom. The molecule has 0 aliphatic heterocycles. The number of nitrogens with zero attached hydrogens (tertiary/aromatic N) is 2. The van der Waals surface area contributed by atoms with E-state index in [1.165, 1.54) is 0 Å². The minimum absolute atomic E-state index is 0.145. The van der Waals surface area contributed by atoms with Gasteiger partial charge >= 0.3 is 11.9 Å². The summed E-state index contributed by atoms with van der Waals surface area (Å²) in [6.07, 6.45) is 3.50. The molecule has 1 aromatic heterocycles. The third-order valence-corrected chi connectivity index (χ3v) is 3.06. The lowest BCUT2D eigenvalue weighted by Gasteiger charge is -2.09. The lowest BCUT2D eigenvalue weighted by atomic mass is 10.1. The number of imidazole rings is 1. The summed E-state index contributed by atoms with van der Waals surface area (Å²) < 4.78 is 1.75. The average molecular weight is 331 g/mol. The van der Waals surface area contributed by atoms with Gasteiger partial charge in [0, 0.05) is 31.9 Å². The molecule has 0 radical (unpaired) electrons. The van der Waals surface area contributed by atoms with Gasteiger partial charge in [-0.05, 0) is 12.8 Å². The van der Waals surface area contributed by atoms with Crippen LogP contribution >= 0.6 is 0 Å². The number of carbonyl (C=O) groups is 2. The zero-order valence-corrected chi connectivity index (χ0v) is 13.0. The van der Waals surface area contributed by atoms with Gasteiger partial charge in [0.05, 0.1) is 12.4 Å². The van der Waals surface area contributed by atoms with Gasteiger partial charge in [0.2, 0.25) is 0 Å². The molecule has 0 spiro atoms. The van der Waals surface area contributed by atoms with E-state index >= 15 is 0 Å². The minimum Gasteiger partial charge on any atom is -0.480 e. The van der Waals surface area contributed by atoms with Crippen LogP contribution in [0, 0.1) is 0 Å². The van der Waals surface area contributed by atoms with Crippen molar-refractivity contribution in [3.05, 3.63) is 18.2 Å². The number of hydrogen-bond donors (Lipinski definition) is 6. The molecule has 10 nitrogen and oxygen atoms in total. The van der Waals surface area contributed by atoms with Crippen LogP contribution in [0.1, 0.15) is 18.5 Å². The zero-order chi connectivity index (χ0) is 18.0. The first-order valence-corrected chi connectivity index (χ1v) is 6.99. The molecule has 0 bridgehead atoms. The van der Waals surface area contributed by atoms with Crippen LogP contribution in [0.4, 0.5) is 0 Å².